The number of nitrogens with zero attached hydrogens (tertiary/aromatic N) is 6. The number of aromatic amines is 1. The number of sulfonamides is 1. The third kappa shape index (κ3) is 3.12. The van der Waals surface area contributed by atoms with Crippen molar-refractivity contribution in [3.05, 3.63) is 36.4 Å². The summed E-state index contributed by atoms with van der Waals surface area (Å²) in [7, 11) is -3.12. The maximum Gasteiger partial charge on any atom is 0.217 e. The molecule has 1 aliphatic carbocycles. The van der Waals surface area contributed by atoms with E-state index in [1.165, 1.54) is 6.33 Å². The van der Waals surface area contributed by atoms with E-state index in [-0.39, 0.29) is 5.25 Å². The van der Waals surface area contributed by atoms with Gasteiger partial charge in [0.25, 0.3) is 0 Å². The monoisotopic (exact) mass is 409 g/mol. The highest BCUT2D eigenvalue weighted by Gasteiger charge is 2.41. The fourth-order valence-corrected chi connectivity index (χ4v) is 5.56. The third-order valence-corrected chi connectivity index (χ3v) is 7.88. The molecule has 9 nitrogen and oxygen atoms in total. The van der Waals surface area contributed by atoms with Crippen LogP contribution in [0.1, 0.15) is 18.4 Å². The first-order chi connectivity index (χ1) is 14.1. The van der Waals surface area contributed by atoms with Gasteiger partial charge in [0.15, 0.2) is 0 Å². The summed E-state index contributed by atoms with van der Waals surface area (Å²) in [5, 5.41) is 9.85. The number of nitrogens with one attached hydrogen (secondary N) is 1. The minimum atomic E-state index is -3.12. The van der Waals surface area contributed by atoms with Gasteiger partial charge in [-0.2, -0.15) is 9.57 Å². The molecule has 1 N–H and O–H groups in total. The van der Waals surface area contributed by atoms with Crippen molar-refractivity contribution in [1.82, 2.24) is 24.2 Å². The number of anilines is 1. The van der Waals surface area contributed by atoms with E-state index in [0.717, 1.165) is 24.2 Å². The van der Waals surface area contributed by atoms with E-state index in [0.29, 0.717) is 48.5 Å². The largest absolute Gasteiger partial charge is 0.354 e. The van der Waals surface area contributed by atoms with Gasteiger partial charge in [-0.05, 0) is 25.0 Å². The molecule has 0 atom stereocenters. The standard InChI is InChI=1S/C19H19N7O2S/c20-9-14-11-22-19-17(14)18(23-12-24-19)13-1-4-16(21-10-13)25-5-7-26(8-6-25)29(27,28)15-2-3-15/h1,4,10-12,15H,2-3,5-8H2,(H,22,23,24). The van der Waals surface area contributed by atoms with Gasteiger partial charge in [0.05, 0.1) is 21.9 Å². The summed E-state index contributed by atoms with van der Waals surface area (Å²) in [5.41, 5.74) is 2.57. The smallest absolute Gasteiger partial charge is 0.217 e. The van der Waals surface area contributed by atoms with Crippen LogP contribution in [0.2, 0.25) is 0 Å². The third-order valence-electron chi connectivity index (χ3n) is 5.48. The molecule has 2 fully saturated rings. The Balaban J connectivity index is 1.35. The predicted octanol–water partition coefficient (Wildman–Crippen LogP) is 1.51. The highest BCUT2D eigenvalue weighted by Crippen LogP contribution is 2.32. The summed E-state index contributed by atoms with van der Waals surface area (Å²) in [6.45, 7) is 2.21. The number of piperazine rings is 1. The van der Waals surface area contributed by atoms with Gasteiger partial charge >= 0.3 is 0 Å². The lowest BCUT2D eigenvalue weighted by Gasteiger charge is -2.34. The van der Waals surface area contributed by atoms with E-state index in [1.54, 1.807) is 16.7 Å². The van der Waals surface area contributed by atoms with Crippen LogP contribution in [0.5, 0.6) is 0 Å². The maximum atomic E-state index is 12.4. The second-order valence-corrected chi connectivity index (χ2v) is 9.51. The number of hydrogen-bond donors (Lipinski definition) is 1. The molecule has 0 amide bonds. The molecule has 1 saturated heterocycles. The fourth-order valence-electron chi connectivity index (χ4n) is 3.73. The van der Waals surface area contributed by atoms with E-state index in [1.807, 2.05) is 12.1 Å². The van der Waals surface area contributed by atoms with Crippen LogP contribution in [0, 0.1) is 11.3 Å². The number of pyridine rings is 1. The first-order valence-electron chi connectivity index (χ1n) is 9.50. The molecule has 5 rings (SSSR count). The minimum absolute atomic E-state index is 0.164. The molecule has 1 saturated carbocycles. The Hall–Kier alpha value is -3.03. The van der Waals surface area contributed by atoms with Gasteiger partial charge < -0.3 is 9.88 Å². The number of aromatic nitrogens is 4. The van der Waals surface area contributed by atoms with Crippen molar-refractivity contribution in [2.75, 3.05) is 31.1 Å². The molecule has 4 heterocycles. The molecule has 0 bridgehead atoms. The predicted molar refractivity (Wildman–Crippen MR) is 108 cm³/mol. The first-order valence-corrected chi connectivity index (χ1v) is 11.0. The van der Waals surface area contributed by atoms with Gasteiger partial charge in [0.1, 0.15) is 23.9 Å². The molecule has 0 aromatic carbocycles. The van der Waals surface area contributed by atoms with Crippen molar-refractivity contribution in [1.29, 1.82) is 5.26 Å². The van der Waals surface area contributed by atoms with E-state index >= 15 is 0 Å². The van der Waals surface area contributed by atoms with Crippen molar-refractivity contribution in [2.24, 2.45) is 0 Å². The molecule has 29 heavy (non-hydrogen) atoms. The number of hydrogen-bond acceptors (Lipinski definition) is 7. The molecular weight excluding hydrogens is 390 g/mol. The second kappa shape index (κ2) is 6.79. The van der Waals surface area contributed by atoms with E-state index in [4.69, 9.17) is 0 Å². The normalized spacial score (nSPS) is 18.1. The van der Waals surface area contributed by atoms with Crippen LogP contribution >= 0.6 is 0 Å². The SMILES string of the molecule is N#Cc1c[nH]c2ncnc(-c3ccc(N4CCN(S(=O)(=O)C5CC5)CC4)nc3)c12. The highest BCUT2D eigenvalue weighted by atomic mass is 32.2. The maximum absolute atomic E-state index is 12.4. The molecule has 2 aliphatic rings. The summed E-state index contributed by atoms with van der Waals surface area (Å²) in [6.07, 6.45) is 6.40. The zero-order valence-electron chi connectivity index (χ0n) is 15.6. The Morgan fingerprint density at radius 2 is 1.90 bits per heavy atom. The lowest BCUT2D eigenvalue weighted by molar-refractivity contribution is 0.383. The van der Waals surface area contributed by atoms with E-state index in [2.05, 4.69) is 30.9 Å². The molecule has 0 radical (unpaired) electrons. The Kier molecular flexibility index (Phi) is 4.22. The number of H-pyrrole nitrogens is 1. The molecule has 0 unspecified atom stereocenters. The van der Waals surface area contributed by atoms with Crippen LogP contribution in [0.3, 0.4) is 0 Å². The van der Waals surface area contributed by atoms with Crippen LogP contribution in [0.25, 0.3) is 22.3 Å². The van der Waals surface area contributed by atoms with Crippen molar-refractivity contribution < 1.29 is 8.42 Å². The zero-order valence-corrected chi connectivity index (χ0v) is 16.4. The molecule has 1 aliphatic heterocycles. The molecular formula is C19H19N7O2S. The van der Waals surface area contributed by atoms with Crippen molar-refractivity contribution in [3.63, 3.8) is 0 Å². The summed E-state index contributed by atoms with van der Waals surface area (Å²) < 4.78 is 26.4. The average Bonchev–Trinajstić information content (AvgIpc) is 3.54. The van der Waals surface area contributed by atoms with Crippen LogP contribution < -0.4 is 4.90 Å². The first kappa shape index (κ1) is 18.0. The average molecular weight is 409 g/mol. The lowest BCUT2D eigenvalue weighted by Crippen LogP contribution is -2.49. The Labute approximate surface area is 168 Å². The number of rotatable bonds is 4. The van der Waals surface area contributed by atoms with Crippen molar-refractivity contribution in [3.8, 4) is 17.3 Å². The summed E-state index contributed by atoms with van der Waals surface area (Å²) in [4.78, 5) is 18.2. The van der Waals surface area contributed by atoms with E-state index in [9.17, 15) is 13.7 Å². The Bertz CT molecular complexity index is 1200. The van der Waals surface area contributed by atoms with Gasteiger partial charge in [-0.3, -0.25) is 0 Å². The van der Waals surface area contributed by atoms with Gasteiger partial charge in [-0.1, -0.05) is 0 Å². The summed E-state index contributed by atoms with van der Waals surface area (Å²) in [6, 6.07) is 5.99. The molecule has 0 spiro atoms. The Morgan fingerprint density at radius 1 is 1.10 bits per heavy atom. The summed E-state index contributed by atoms with van der Waals surface area (Å²) in [5.74, 6) is 0.803. The van der Waals surface area contributed by atoms with Crippen LogP contribution in [-0.4, -0.2) is 64.1 Å². The topological polar surface area (TPSA) is 119 Å². The molecule has 3 aromatic heterocycles. The van der Waals surface area contributed by atoms with Gasteiger partial charge in [-0.15, -0.1) is 0 Å². The zero-order chi connectivity index (χ0) is 20.0. The number of fused-ring (bicyclic) bond motifs is 1. The molecule has 3 aromatic rings. The quantitative estimate of drug-likeness (QED) is 0.693. The second-order valence-electron chi connectivity index (χ2n) is 7.30. The molecule has 148 valence electrons. The van der Waals surface area contributed by atoms with Gasteiger partial charge in [0.2, 0.25) is 10.0 Å². The minimum Gasteiger partial charge on any atom is -0.354 e. The van der Waals surface area contributed by atoms with E-state index < -0.39 is 10.0 Å². The highest BCUT2D eigenvalue weighted by molar-refractivity contribution is 7.90. The lowest BCUT2D eigenvalue weighted by atomic mass is 10.1. The van der Waals surface area contributed by atoms with Gasteiger partial charge in [0, 0.05) is 44.1 Å². The van der Waals surface area contributed by atoms with Crippen LogP contribution in [-0.2, 0) is 10.0 Å². The Morgan fingerprint density at radius 3 is 2.55 bits per heavy atom. The number of nitriles is 1. The van der Waals surface area contributed by atoms with Crippen molar-refractivity contribution in [2.45, 2.75) is 18.1 Å². The van der Waals surface area contributed by atoms with Crippen LogP contribution in [0.4, 0.5) is 5.82 Å². The van der Waals surface area contributed by atoms with Gasteiger partial charge in [-0.25, -0.2) is 23.4 Å². The van der Waals surface area contributed by atoms with Crippen molar-refractivity contribution >= 4 is 26.9 Å². The van der Waals surface area contributed by atoms with Crippen LogP contribution in [0.15, 0.2) is 30.9 Å². The fraction of sp³-hybridized carbons (Fsp3) is 0.368. The molecule has 10 heteroatoms. The summed E-state index contributed by atoms with van der Waals surface area (Å²) >= 11 is 0.